The molecule has 0 aliphatic rings. The Kier molecular flexibility index (Phi) is 7.94. The van der Waals surface area contributed by atoms with Gasteiger partial charge in [-0.3, -0.25) is 5.10 Å². The lowest BCUT2D eigenvalue weighted by Crippen LogP contribution is -2.23. The molecule has 8 nitrogen and oxygen atoms in total. The van der Waals surface area contributed by atoms with Crippen LogP contribution in [0.25, 0.3) is 33.4 Å². The highest BCUT2D eigenvalue weighted by atomic mass is 79.9. The Morgan fingerprint density at radius 3 is 2.46 bits per heavy atom. The highest BCUT2D eigenvalue weighted by Gasteiger charge is 2.23. The van der Waals surface area contributed by atoms with Gasteiger partial charge in [0.2, 0.25) is 0 Å². The lowest BCUT2D eigenvalue weighted by Gasteiger charge is -2.21. The van der Waals surface area contributed by atoms with E-state index in [1.165, 1.54) is 12.1 Å². The molecule has 0 saturated carbocycles. The first kappa shape index (κ1) is 25.9. The number of nitrogens with zero attached hydrogens (tertiary/aromatic N) is 5. The summed E-state index contributed by atoms with van der Waals surface area (Å²) in [6, 6.07) is 13.7. The van der Waals surface area contributed by atoms with E-state index in [4.69, 9.17) is 5.73 Å². The molecule has 2 aromatic carbocycles. The van der Waals surface area contributed by atoms with Crippen LogP contribution in [0.2, 0.25) is 0 Å². The van der Waals surface area contributed by atoms with Crippen LogP contribution < -0.4 is 10.6 Å². The summed E-state index contributed by atoms with van der Waals surface area (Å²) in [5.41, 5.74) is 9.14. The van der Waals surface area contributed by atoms with Crippen LogP contribution in [0.1, 0.15) is 12.0 Å². The van der Waals surface area contributed by atoms with Crippen molar-refractivity contribution in [1.82, 2.24) is 20.1 Å². The third-order valence-corrected chi connectivity index (χ3v) is 5.74. The van der Waals surface area contributed by atoms with E-state index in [2.05, 4.69) is 45.1 Å². The number of aromatic amines is 1. The largest absolute Gasteiger partial charge is 0.508 e. The molecule has 2 aromatic heterocycles. The number of phenolic OH excluding ortho intramolecular Hbond substituents is 1. The number of rotatable bonds is 7. The minimum atomic E-state index is -0.687. The van der Waals surface area contributed by atoms with Gasteiger partial charge in [-0.2, -0.15) is 10.4 Å². The SMILES string of the molecule is Br.CN(C)CCCN(C)c1ccc(-c2c(C#N)c(-c3ccc(O)cc3F)nc3n[nH]c(N)c23)cc1. The molecular formula is C25H27BrFN7O. The second kappa shape index (κ2) is 10.7. The van der Waals surface area contributed by atoms with Gasteiger partial charge in [0.1, 0.15) is 23.5 Å². The lowest BCUT2D eigenvalue weighted by atomic mass is 9.93. The molecular weight excluding hydrogens is 513 g/mol. The predicted octanol–water partition coefficient (Wildman–Crippen LogP) is 4.56. The maximum Gasteiger partial charge on any atom is 0.184 e. The van der Waals surface area contributed by atoms with E-state index in [1.807, 2.05) is 31.3 Å². The van der Waals surface area contributed by atoms with E-state index in [0.29, 0.717) is 10.9 Å². The van der Waals surface area contributed by atoms with Crippen LogP contribution in [-0.2, 0) is 0 Å². The fourth-order valence-electron chi connectivity index (χ4n) is 4.00. The van der Waals surface area contributed by atoms with Gasteiger partial charge >= 0.3 is 0 Å². The van der Waals surface area contributed by atoms with Gasteiger partial charge in [0.05, 0.1) is 16.6 Å². The maximum absolute atomic E-state index is 14.7. The van der Waals surface area contributed by atoms with Gasteiger partial charge in [-0.1, -0.05) is 12.1 Å². The Balaban J connectivity index is 0.00000342. The van der Waals surface area contributed by atoms with Crippen molar-refractivity contribution in [2.24, 2.45) is 0 Å². The Labute approximate surface area is 213 Å². The molecule has 4 N–H and O–H groups in total. The molecule has 0 radical (unpaired) electrons. The van der Waals surface area contributed by atoms with Crippen molar-refractivity contribution in [2.45, 2.75) is 6.42 Å². The summed E-state index contributed by atoms with van der Waals surface area (Å²) in [5.74, 6) is -0.625. The van der Waals surface area contributed by atoms with Crippen molar-refractivity contribution in [3.63, 3.8) is 0 Å². The first-order valence-corrected chi connectivity index (χ1v) is 10.8. The number of halogens is 2. The normalized spacial score (nSPS) is 10.9. The number of hydrogen-bond acceptors (Lipinski definition) is 7. The summed E-state index contributed by atoms with van der Waals surface area (Å²) < 4.78 is 14.7. The van der Waals surface area contributed by atoms with Gasteiger partial charge in [0, 0.05) is 36.5 Å². The summed E-state index contributed by atoms with van der Waals surface area (Å²) in [5, 5.41) is 27.1. The number of H-pyrrole nitrogens is 1. The maximum atomic E-state index is 14.7. The third kappa shape index (κ3) is 5.21. The highest BCUT2D eigenvalue weighted by molar-refractivity contribution is 8.93. The van der Waals surface area contributed by atoms with Crippen molar-refractivity contribution < 1.29 is 9.50 Å². The number of nitrogens with one attached hydrogen (secondary N) is 1. The lowest BCUT2D eigenvalue weighted by molar-refractivity contribution is 0.401. The number of nitriles is 1. The number of aromatic hydroxyl groups is 1. The third-order valence-electron chi connectivity index (χ3n) is 5.74. The molecule has 0 saturated heterocycles. The van der Waals surface area contributed by atoms with Gasteiger partial charge in [0.25, 0.3) is 0 Å². The van der Waals surface area contributed by atoms with Crippen LogP contribution in [-0.4, -0.2) is 59.4 Å². The number of nitrogens with two attached hydrogens (primary N) is 1. The monoisotopic (exact) mass is 539 g/mol. The van der Waals surface area contributed by atoms with Gasteiger partial charge in [-0.25, -0.2) is 9.37 Å². The van der Waals surface area contributed by atoms with Crippen molar-refractivity contribution in [3.05, 3.63) is 53.8 Å². The average molecular weight is 540 g/mol. The summed E-state index contributed by atoms with van der Waals surface area (Å²) >= 11 is 0. The van der Waals surface area contributed by atoms with Crippen LogP contribution >= 0.6 is 17.0 Å². The Hall–Kier alpha value is -3.68. The van der Waals surface area contributed by atoms with E-state index < -0.39 is 5.82 Å². The fraction of sp³-hybridized carbons (Fsp3) is 0.240. The highest BCUT2D eigenvalue weighted by Crippen LogP contribution is 2.39. The number of anilines is 2. The number of phenols is 1. The molecule has 4 aromatic rings. The first-order valence-electron chi connectivity index (χ1n) is 10.8. The molecule has 2 heterocycles. The van der Waals surface area contributed by atoms with Crippen LogP contribution in [0.15, 0.2) is 42.5 Å². The average Bonchev–Trinajstić information content (AvgIpc) is 3.18. The predicted molar refractivity (Wildman–Crippen MR) is 142 cm³/mol. The molecule has 182 valence electrons. The second-order valence-electron chi connectivity index (χ2n) is 8.45. The minimum Gasteiger partial charge on any atom is -0.508 e. The number of hydrogen-bond donors (Lipinski definition) is 3. The molecule has 0 bridgehead atoms. The number of fused-ring (bicyclic) bond motifs is 1. The summed E-state index contributed by atoms with van der Waals surface area (Å²) in [6.07, 6.45) is 1.03. The zero-order valence-electron chi connectivity index (χ0n) is 19.7. The molecule has 10 heteroatoms. The smallest absolute Gasteiger partial charge is 0.184 e. The van der Waals surface area contributed by atoms with Crippen molar-refractivity contribution >= 4 is 39.5 Å². The summed E-state index contributed by atoms with van der Waals surface area (Å²) in [6.45, 7) is 1.90. The molecule has 0 spiro atoms. The van der Waals surface area contributed by atoms with Gasteiger partial charge < -0.3 is 20.6 Å². The minimum absolute atomic E-state index is 0. The summed E-state index contributed by atoms with van der Waals surface area (Å²) in [4.78, 5) is 8.75. The molecule has 0 atom stereocenters. The van der Waals surface area contributed by atoms with Crippen molar-refractivity contribution in [2.75, 3.05) is 44.9 Å². The molecule has 4 rings (SSSR count). The van der Waals surface area contributed by atoms with E-state index in [0.717, 1.165) is 36.8 Å². The topological polar surface area (TPSA) is 118 Å². The molecule has 0 aliphatic heterocycles. The fourth-order valence-corrected chi connectivity index (χ4v) is 4.00. The van der Waals surface area contributed by atoms with Crippen LogP contribution in [0.5, 0.6) is 5.75 Å². The van der Waals surface area contributed by atoms with Crippen LogP contribution in [0, 0.1) is 17.1 Å². The van der Waals surface area contributed by atoms with Gasteiger partial charge in [0.15, 0.2) is 5.65 Å². The van der Waals surface area contributed by atoms with E-state index in [1.54, 1.807) is 0 Å². The Morgan fingerprint density at radius 2 is 1.83 bits per heavy atom. The van der Waals surface area contributed by atoms with Gasteiger partial charge in [-0.05, 0) is 56.9 Å². The standard InChI is InChI=1S/C25H26FN7O.BrH/c1-32(2)11-4-12-33(3)16-7-5-15(6-8-16)21-19(14-27)23(18-10-9-17(34)13-20(18)26)29-25-22(21)24(28)30-31-25;/h5-10,13,34H,4,11-12H2,1-3H3,(H3,28,29,30,31);1H. The zero-order valence-corrected chi connectivity index (χ0v) is 21.4. The number of pyridine rings is 1. The van der Waals surface area contributed by atoms with E-state index in [9.17, 15) is 14.8 Å². The van der Waals surface area contributed by atoms with Gasteiger partial charge in [-0.15, -0.1) is 17.0 Å². The second-order valence-corrected chi connectivity index (χ2v) is 8.45. The van der Waals surface area contributed by atoms with E-state index in [-0.39, 0.29) is 51.0 Å². The molecule has 0 unspecified atom stereocenters. The van der Waals surface area contributed by atoms with E-state index >= 15 is 0 Å². The van der Waals surface area contributed by atoms with Crippen molar-refractivity contribution in [3.8, 4) is 34.2 Å². The Morgan fingerprint density at radius 1 is 1.11 bits per heavy atom. The number of aromatic nitrogens is 3. The molecule has 0 amide bonds. The number of nitrogen functional groups attached to an aromatic ring is 1. The quantitative estimate of drug-likeness (QED) is 0.315. The first-order chi connectivity index (χ1) is 16.3. The Bertz CT molecular complexity index is 1380. The summed E-state index contributed by atoms with van der Waals surface area (Å²) in [7, 11) is 6.14. The molecule has 35 heavy (non-hydrogen) atoms. The molecule has 0 aliphatic carbocycles. The van der Waals surface area contributed by atoms with Crippen LogP contribution in [0.3, 0.4) is 0 Å². The number of benzene rings is 2. The van der Waals surface area contributed by atoms with Crippen molar-refractivity contribution in [1.29, 1.82) is 5.26 Å². The zero-order chi connectivity index (χ0) is 24.4. The van der Waals surface area contributed by atoms with Crippen LogP contribution in [0.4, 0.5) is 15.9 Å². The molecule has 0 fully saturated rings.